The van der Waals surface area contributed by atoms with Gasteiger partial charge in [0, 0.05) is 42.1 Å². The van der Waals surface area contributed by atoms with Crippen molar-refractivity contribution >= 4 is 34.0 Å². The molecule has 154 valence electrons. The summed E-state index contributed by atoms with van der Waals surface area (Å²) in [6.07, 6.45) is 2.72. The fourth-order valence-corrected chi connectivity index (χ4v) is 4.36. The second-order valence-electron chi connectivity index (χ2n) is 7.23. The number of thiazole rings is 1. The summed E-state index contributed by atoms with van der Waals surface area (Å²) in [4.78, 5) is 32.2. The molecule has 0 bridgehead atoms. The van der Waals surface area contributed by atoms with Gasteiger partial charge in [-0.3, -0.25) is 14.5 Å². The smallest absolute Gasteiger partial charge is 0.238 e. The minimum Gasteiger partial charge on any atom is -0.493 e. The molecule has 0 atom stereocenters. The Morgan fingerprint density at radius 2 is 2.00 bits per heavy atom. The van der Waals surface area contributed by atoms with Crippen molar-refractivity contribution in [1.82, 2.24) is 9.88 Å². The standard InChI is InChI=1S/C20H24N4O4S/c1-27-15-6-5-13(9-16(15)28-2)21-18(25)11-24-8-7-14-17(10-24)29-20(22-14)23-19(26)12-3-4-12/h5-6,9,12H,3-4,7-8,10-11H2,1-2H3,(H,21,25)(H,22,23,26). The number of amides is 2. The molecular formula is C20H24N4O4S. The highest BCUT2D eigenvalue weighted by Gasteiger charge is 2.31. The van der Waals surface area contributed by atoms with E-state index < -0.39 is 0 Å². The Hall–Kier alpha value is -2.65. The van der Waals surface area contributed by atoms with Crippen molar-refractivity contribution in [3.05, 3.63) is 28.8 Å². The van der Waals surface area contributed by atoms with Gasteiger partial charge in [0.1, 0.15) is 0 Å². The third-order valence-electron chi connectivity index (χ3n) is 5.02. The average molecular weight is 417 g/mol. The zero-order chi connectivity index (χ0) is 20.4. The van der Waals surface area contributed by atoms with Crippen molar-refractivity contribution < 1.29 is 19.1 Å². The molecule has 0 spiro atoms. The van der Waals surface area contributed by atoms with Gasteiger partial charge in [0.25, 0.3) is 0 Å². The molecule has 2 N–H and O–H groups in total. The molecule has 1 fully saturated rings. The van der Waals surface area contributed by atoms with Crippen molar-refractivity contribution in [2.45, 2.75) is 25.8 Å². The summed E-state index contributed by atoms with van der Waals surface area (Å²) in [6.45, 7) is 1.70. The molecule has 0 radical (unpaired) electrons. The number of nitrogens with zero attached hydrogens (tertiary/aromatic N) is 2. The highest BCUT2D eigenvalue weighted by molar-refractivity contribution is 7.15. The normalized spacial score (nSPS) is 16.1. The van der Waals surface area contributed by atoms with Gasteiger partial charge < -0.3 is 20.1 Å². The SMILES string of the molecule is COc1ccc(NC(=O)CN2CCc3nc(NC(=O)C4CC4)sc3C2)cc1OC. The maximum Gasteiger partial charge on any atom is 0.238 e. The van der Waals surface area contributed by atoms with Crippen LogP contribution in [0.15, 0.2) is 18.2 Å². The molecule has 0 saturated heterocycles. The lowest BCUT2D eigenvalue weighted by atomic mass is 10.2. The Balaban J connectivity index is 1.33. The molecule has 1 aromatic carbocycles. The van der Waals surface area contributed by atoms with Crippen LogP contribution in [0.4, 0.5) is 10.8 Å². The van der Waals surface area contributed by atoms with Crippen molar-refractivity contribution in [3.63, 3.8) is 0 Å². The topological polar surface area (TPSA) is 92.8 Å². The molecule has 1 aromatic heterocycles. The minimum absolute atomic E-state index is 0.0715. The van der Waals surface area contributed by atoms with Crippen LogP contribution in [0, 0.1) is 5.92 Å². The maximum atomic E-state index is 12.5. The predicted molar refractivity (Wildman–Crippen MR) is 111 cm³/mol. The minimum atomic E-state index is -0.0903. The molecule has 9 heteroatoms. The van der Waals surface area contributed by atoms with Crippen molar-refractivity contribution in [2.75, 3.05) is 37.9 Å². The number of fused-ring (bicyclic) bond motifs is 1. The van der Waals surface area contributed by atoms with E-state index in [0.717, 1.165) is 36.4 Å². The zero-order valence-corrected chi connectivity index (χ0v) is 17.3. The number of methoxy groups -OCH3 is 2. The summed E-state index contributed by atoms with van der Waals surface area (Å²) in [5.74, 6) is 1.32. The lowest BCUT2D eigenvalue weighted by Crippen LogP contribution is -2.36. The van der Waals surface area contributed by atoms with Gasteiger partial charge in [-0.1, -0.05) is 0 Å². The Kier molecular flexibility index (Phi) is 5.68. The van der Waals surface area contributed by atoms with Crippen LogP contribution in [0.3, 0.4) is 0 Å². The van der Waals surface area contributed by atoms with Gasteiger partial charge in [-0.2, -0.15) is 0 Å². The van der Waals surface area contributed by atoms with E-state index in [4.69, 9.17) is 9.47 Å². The molecular weight excluding hydrogens is 392 g/mol. The van der Waals surface area contributed by atoms with Gasteiger partial charge in [-0.05, 0) is 25.0 Å². The highest BCUT2D eigenvalue weighted by Crippen LogP contribution is 2.33. The molecule has 1 aliphatic heterocycles. The van der Waals surface area contributed by atoms with E-state index in [0.29, 0.717) is 28.9 Å². The van der Waals surface area contributed by atoms with Crippen molar-refractivity contribution in [3.8, 4) is 11.5 Å². The number of nitrogens with one attached hydrogen (secondary N) is 2. The van der Waals surface area contributed by atoms with E-state index in [-0.39, 0.29) is 24.3 Å². The number of carbonyl (C=O) groups is 2. The van der Waals surface area contributed by atoms with Gasteiger partial charge in [0.2, 0.25) is 11.8 Å². The van der Waals surface area contributed by atoms with Crippen LogP contribution >= 0.6 is 11.3 Å². The highest BCUT2D eigenvalue weighted by atomic mass is 32.1. The van der Waals surface area contributed by atoms with E-state index in [1.165, 1.54) is 11.3 Å². The van der Waals surface area contributed by atoms with Gasteiger partial charge in [-0.25, -0.2) is 4.98 Å². The Labute approximate surface area is 173 Å². The molecule has 2 aromatic rings. The summed E-state index contributed by atoms with van der Waals surface area (Å²) in [6, 6.07) is 5.28. The monoisotopic (exact) mass is 416 g/mol. The summed E-state index contributed by atoms with van der Waals surface area (Å²) in [5, 5.41) is 6.49. The number of carbonyl (C=O) groups excluding carboxylic acids is 2. The second kappa shape index (κ2) is 8.38. The summed E-state index contributed by atoms with van der Waals surface area (Å²) < 4.78 is 10.5. The third-order valence-corrected chi connectivity index (χ3v) is 6.02. The number of hydrogen-bond donors (Lipinski definition) is 2. The first kappa shape index (κ1) is 19.7. The van der Waals surface area contributed by atoms with Gasteiger partial charge in [0.05, 0.1) is 26.5 Å². The number of hydrogen-bond acceptors (Lipinski definition) is 7. The number of aromatic nitrogens is 1. The first-order chi connectivity index (χ1) is 14.1. The molecule has 4 rings (SSSR count). The van der Waals surface area contributed by atoms with Crippen LogP contribution in [0.5, 0.6) is 11.5 Å². The predicted octanol–water partition coefficient (Wildman–Crippen LogP) is 2.51. The Morgan fingerprint density at radius 3 is 2.72 bits per heavy atom. The first-order valence-corrected chi connectivity index (χ1v) is 10.4. The van der Waals surface area contributed by atoms with E-state index in [1.807, 2.05) is 0 Å². The van der Waals surface area contributed by atoms with Crippen molar-refractivity contribution in [1.29, 1.82) is 0 Å². The van der Waals surface area contributed by atoms with E-state index in [2.05, 4.69) is 20.5 Å². The lowest BCUT2D eigenvalue weighted by molar-refractivity contribution is -0.118. The molecule has 1 aliphatic carbocycles. The molecule has 2 aliphatic rings. The van der Waals surface area contributed by atoms with Crippen LogP contribution in [-0.2, 0) is 22.6 Å². The van der Waals surface area contributed by atoms with E-state index in [9.17, 15) is 9.59 Å². The van der Waals surface area contributed by atoms with Gasteiger partial charge in [0.15, 0.2) is 16.6 Å². The number of rotatable bonds is 7. The molecule has 1 saturated carbocycles. The van der Waals surface area contributed by atoms with E-state index >= 15 is 0 Å². The summed E-state index contributed by atoms with van der Waals surface area (Å²) >= 11 is 1.51. The first-order valence-electron chi connectivity index (χ1n) is 9.59. The van der Waals surface area contributed by atoms with Crippen molar-refractivity contribution in [2.24, 2.45) is 5.92 Å². The summed E-state index contributed by atoms with van der Waals surface area (Å²) in [7, 11) is 3.13. The molecule has 8 nitrogen and oxygen atoms in total. The third kappa shape index (κ3) is 4.68. The molecule has 29 heavy (non-hydrogen) atoms. The number of benzene rings is 1. The quantitative estimate of drug-likeness (QED) is 0.721. The maximum absolute atomic E-state index is 12.5. The summed E-state index contributed by atoms with van der Waals surface area (Å²) in [5.41, 5.74) is 1.69. The largest absolute Gasteiger partial charge is 0.493 e. The fourth-order valence-electron chi connectivity index (χ4n) is 3.31. The Bertz CT molecular complexity index is 925. The molecule has 0 unspecified atom stereocenters. The van der Waals surface area contributed by atoms with Crippen LogP contribution in [-0.4, -0.2) is 49.0 Å². The van der Waals surface area contributed by atoms with Gasteiger partial charge in [-0.15, -0.1) is 11.3 Å². The molecule has 2 amide bonds. The fraction of sp³-hybridized carbons (Fsp3) is 0.450. The molecule has 2 heterocycles. The van der Waals surface area contributed by atoms with Crippen LogP contribution in [0.2, 0.25) is 0 Å². The second-order valence-corrected chi connectivity index (χ2v) is 8.31. The van der Waals surface area contributed by atoms with Crippen LogP contribution in [0.25, 0.3) is 0 Å². The van der Waals surface area contributed by atoms with Crippen LogP contribution in [0.1, 0.15) is 23.4 Å². The average Bonchev–Trinajstić information content (AvgIpc) is 3.48. The Morgan fingerprint density at radius 1 is 1.21 bits per heavy atom. The van der Waals surface area contributed by atoms with Gasteiger partial charge >= 0.3 is 0 Å². The van der Waals surface area contributed by atoms with E-state index in [1.54, 1.807) is 32.4 Å². The number of anilines is 2. The number of ether oxygens (including phenoxy) is 2. The zero-order valence-electron chi connectivity index (χ0n) is 16.5. The van der Waals surface area contributed by atoms with Crippen LogP contribution < -0.4 is 20.1 Å². The lowest BCUT2D eigenvalue weighted by Gasteiger charge is -2.25.